The Bertz CT molecular complexity index is 347. The summed E-state index contributed by atoms with van der Waals surface area (Å²) in [7, 11) is 0. The molecule has 5 nitrogen and oxygen atoms in total. The first-order valence-electron chi connectivity index (χ1n) is 3.69. The minimum absolute atomic E-state index is 0.334. The Kier molecular flexibility index (Phi) is 2.82. The van der Waals surface area contributed by atoms with Crippen LogP contribution in [0.1, 0.15) is 5.56 Å². The molecule has 0 amide bonds. The Labute approximate surface area is 68.8 Å². The van der Waals surface area contributed by atoms with Crippen molar-refractivity contribution in [3.63, 3.8) is 0 Å². The quantitative estimate of drug-likeness (QED) is 0.433. The predicted octanol–water partition coefficient (Wildman–Crippen LogP) is -1.04. The van der Waals surface area contributed by atoms with Gasteiger partial charge in [0.05, 0.1) is 0 Å². The van der Waals surface area contributed by atoms with E-state index in [1.54, 1.807) is 6.92 Å². The lowest BCUT2D eigenvalue weighted by Crippen LogP contribution is -2.22. The molecule has 0 bridgehead atoms. The van der Waals surface area contributed by atoms with Crippen LogP contribution in [0.2, 0.25) is 0 Å². The van der Waals surface area contributed by atoms with Crippen molar-refractivity contribution >= 4 is 0 Å². The second-order valence-electron chi connectivity index (χ2n) is 2.50. The SMILES string of the molecule is C1CN1.Cc1c[nH]c(=O)[nH]c1=O. The van der Waals surface area contributed by atoms with E-state index in [4.69, 9.17) is 0 Å². The van der Waals surface area contributed by atoms with E-state index in [2.05, 4.69) is 15.3 Å². The first kappa shape index (κ1) is 8.73. The predicted molar refractivity (Wildman–Crippen MR) is 45.3 cm³/mol. The van der Waals surface area contributed by atoms with Crippen molar-refractivity contribution in [3.05, 3.63) is 32.6 Å². The van der Waals surface area contributed by atoms with Gasteiger partial charge in [-0.05, 0) is 6.92 Å². The van der Waals surface area contributed by atoms with Crippen molar-refractivity contribution in [3.8, 4) is 0 Å². The highest BCUT2D eigenvalue weighted by Crippen LogP contribution is 1.73. The van der Waals surface area contributed by atoms with Crippen LogP contribution in [0.25, 0.3) is 0 Å². The Balaban J connectivity index is 0.000000200. The molecule has 1 fully saturated rings. The van der Waals surface area contributed by atoms with Gasteiger partial charge in [-0.2, -0.15) is 0 Å². The molecule has 1 aromatic rings. The molecule has 1 aliphatic rings. The lowest BCUT2D eigenvalue weighted by molar-refractivity contribution is 1.01. The van der Waals surface area contributed by atoms with Gasteiger partial charge in [0.2, 0.25) is 0 Å². The van der Waals surface area contributed by atoms with Gasteiger partial charge in [-0.15, -0.1) is 0 Å². The molecule has 3 N–H and O–H groups in total. The molecular weight excluding hydrogens is 158 g/mol. The summed E-state index contributed by atoms with van der Waals surface area (Å²) >= 11 is 0. The highest BCUT2D eigenvalue weighted by atomic mass is 16.2. The molecule has 0 unspecified atom stereocenters. The lowest BCUT2D eigenvalue weighted by Gasteiger charge is -1.84. The number of hydrogen-bond acceptors (Lipinski definition) is 3. The number of aromatic amines is 2. The topological polar surface area (TPSA) is 87.7 Å². The van der Waals surface area contributed by atoms with Gasteiger partial charge in [0.1, 0.15) is 0 Å². The lowest BCUT2D eigenvalue weighted by atomic mass is 10.4. The van der Waals surface area contributed by atoms with Crippen molar-refractivity contribution in [1.29, 1.82) is 0 Å². The summed E-state index contributed by atoms with van der Waals surface area (Å²) in [5, 5.41) is 3.00. The summed E-state index contributed by atoms with van der Waals surface area (Å²) in [5.74, 6) is 0. The number of H-pyrrole nitrogens is 2. The summed E-state index contributed by atoms with van der Waals surface area (Å²) in [4.78, 5) is 25.3. The molecule has 1 saturated heterocycles. The zero-order valence-electron chi connectivity index (χ0n) is 6.81. The van der Waals surface area contributed by atoms with Crippen molar-refractivity contribution < 1.29 is 0 Å². The summed E-state index contributed by atoms with van der Waals surface area (Å²) in [6.07, 6.45) is 1.38. The fourth-order valence-corrected chi connectivity index (χ4v) is 0.477. The van der Waals surface area contributed by atoms with E-state index in [0.717, 1.165) is 0 Å². The maximum Gasteiger partial charge on any atom is 0.325 e. The van der Waals surface area contributed by atoms with Crippen molar-refractivity contribution in [2.75, 3.05) is 13.1 Å². The Morgan fingerprint density at radius 2 is 1.92 bits per heavy atom. The van der Waals surface area contributed by atoms with Gasteiger partial charge in [0.25, 0.3) is 5.56 Å². The van der Waals surface area contributed by atoms with Gasteiger partial charge in [-0.3, -0.25) is 9.78 Å². The minimum atomic E-state index is -0.467. The zero-order chi connectivity index (χ0) is 8.97. The third-order valence-electron chi connectivity index (χ3n) is 1.25. The van der Waals surface area contributed by atoms with Crippen LogP contribution in [0.15, 0.2) is 15.8 Å². The average molecular weight is 169 g/mol. The van der Waals surface area contributed by atoms with Crippen LogP contribution in [-0.2, 0) is 0 Å². The van der Waals surface area contributed by atoms with E-state index < -0.39 is 5.69 Å². The minimum Gasteiger partial charge on any atom is -0.314 e. The fraction of sp³-hybridized carbons (Fsp3) is 0.429. The third-order valence-corrected chi connectivity index (χ3v) is 1.25. The first-order valence-corrected chi connectivity index (χ1v) is 3.69. The highest BCUT2D eigenvalue weighted by molar-refractivity contribution is 4.98. The van der Waals surface area contributed by atoms with Crippen LogP contribution in [0.5, 0.6) is 0 Å². The molecule has 12 heavy (non-hydrogen) atoms. The second-order valence-corrected chi connectivity index (χ2v) is 2.50. The van der Waals surface area contributed by atoms with Gasteiger partial charge in [-0.25, -0.2) is 4.79 Å². The molecule has 5 heteroatoms. The Morgan fingerprint density at radius 3 is 2.25 bits per heavy atom. The normalized spacial score (nSPS) is 13.1. The number of rotatable bonds is 0. The number of nitrogens with one attached hydrogen (secondary N) is 3. The Morgan fingerprint density at radius 1 is 1.33 bits per heavy atom. The van der Waals surface area contributed by atoms with E-state index in [0.29, 0.717) is 5.56 Å². The van der Waals surface area contributed by atoms with Crippen LogP contribution in [0, 0.1) is 6.92 Å². The molecule has 0 aromatic carbocycles. The molecule has 0 atom stereocenters. The third kappa shape index (κ3) is 3.16. The van der Waals surface area contributed by atoms with E-state index >= 15 is 0 Å². The first-order chi connectivity index (χ1) is 5.70. The van der Waals surface area contributed by atoms with Crippen LogP contribution >= 0.6 is 0 Å². The summed E-state index contributed by atoms with van der Waals surface area (Å²) in [6.45, 7) is 4.12. The molecular formula is C7H11N3O2. The molecule has 2 rings (SSSR count). The molecule has 0 saturated carbocycles. The van der Waals surface area contributed by atoms with Crippen LogP contribution in [0.4, 0.5) is 0 Å². The van der Waals surface area contributed by atoms with Crippen molar-refractivity contribution in [1.82, 2.24) is 15.3 Å². The molecule has 0 spiro atoms. The van der Waals surface area contributed by atoms with Crippen molar-refractivity contribution in [2.24, 2.45) is 0 Å². The number of aryl methyl sites for hydroxylation is 1. The van der Waals surface area contributed by atoms with Gasteiger partial charge in [-0.1, -0.05) is 0 Å². The van der Waals surface area contributed by atoms with E-state index in [-0.39, 0.29) is 5.56 Å². The maximum atomic E-state index is 10.6. The molecule has 1 aliphatic heterocycles. The Hall–Kier alpha value is -1.36. The largest absolute Gasteiger partial charge is 0.325 e. The standard InChI is InChI=1S/C5H6N2O2.C2H5N/c1-3-2-6-5(9)7-4(3)8;1-2-3-1/h2H,1H3,(H2,6,7,8,9);3H,1-2H2. The van der Waals surface area contributed by atoms with E-state index in [9.17, 15) is 9.59 Å². The molecule has 0 aliphatic carbocycles. The molecule has 1 aromatic heterocycles. The zero-order valence-corrected chi connectivity index (χ0v) is 6.81. The summed E-state index contributed by atoms with van der Waals surface area (Å²) < 4.78 is 0. The van der Waals surface area contributed by atoms with Gasteiger partial charge in [0.15, 0.2) is 0 Å². The van der Waals surface area contributed by atoms with Crippen LogP contribution in [-0.4, -0.2) is 23.1 Å². The average Bonchev–Trinajstić information content (AvgIpc) is 2.83. The monoisotopic (exact) mass is 169 g/mol. The highest BCUT2D eigenvalue weighted by Gasteiger charge is 1.91. The number of aromatic nitrogens is 2. The van der Waals surface area contributed by atoms with E-state index in [1.165, 1.54) is 19.3 Å². The molecule has 66 valence electrons. The van der Waals surface area contributed by atoms with Gasteiger partial charge in [0, 0.05) is 24.8 Å². The van der Waals surface area contributed by atoms with Crippen molar-refractivity contribution in [2.45, 2.75) is 6.92 Å². The molecule has 2 heterocycles. The van der Waals surface area contributed by atoms with Gasteiger partial charge >= 0.3 is 5.69 Å². The van der Waals surface area contributed by atoms with E-state index in [1.807, 2.05) is 0 Å². The second kappa shape index (κ2) is 3.87. The smallest absolute Gasteiger partial charge is 0.314 e. The maximum absolute atomic E-state index is 10.6. The van der Waals surface area contributed by atoms with Crippen LogP contribution in [0.3, 0.4) is 0 Å². The summed E-state index contributed by atoms with van der Waals surface area (Å²) in [5.41, 5.74) is -0.293. The fourth-order valence-electron chi connectivity index (χ4n) is 0.477. The van der Waals surface area contributed by atoms with Crippen LogP contribution < -0.4 is 16.6 Å². The summed E-state index contributed by atoms with van der Waals surface area (Å²) in [6, 6.07) is 0. The number of hydrogen-bond donors (Lipinski definition) is 3. The van der Waals surface area contributed by atoms with Gasteiger partial charge < -0.3 is 10.3 Å². The molecule has 0 radical (unpaired) electrons.